The van der Waals surface area contributed by atoms with Crippen molar-refractivity contribution in [3.8, 4) is 11.1 Å². The highest BCUT2D eigenvalue weighted by atomic mass is 16.5. The first-order valence-corrected chi connectivity index (χ1v) is 23.5. The number of ether oxygens (including phenoxy) is 1. The molecule has 3 unspecified atom stereocenters. The van der Waals surface area contributed by atoms with E-state index in [9.17, 15) is 9.59 Å². The van der Waals surface area contributed by atoms with E-state index in [0.29, 0.717) is 49.7 Å². The topological polar surface area (TPSA) is 49.9 Å². The van der Waals surface area contributed by atoms with Gasteiger partial charge in [-0.15, -0.1) is 0 Å². The fourth-order valence-corrected chi connectivity index (χ4v) is 10.9. The molecule has 66 heavy (non-hydrogen) atoms. The average molecular weight is 873 g/mol. The Bertz CT molecular complexity index is 2630. The van der Waals surface area contributed by atoms with Crippen LogP contribution in [-0.4, -0.2) is 67.7 Å². The fourth-order valence-electron chi connectivity index (χ4n) is 10.9. The second-order valence-electron chi connectivity index (χ2n) is 18.7. The zero-order valence-corrected chi connectivity index (χ0v) is 39.8. The number of fused-ring (bicyclic) bond motifs is 3. The van der Waals surface area contributed by atoms with Gasteiger partial charge >= 0.3 is 0 Å². The molecule has 8 rings (SSSR count). The van der Waals surface area contributed by atoms with Crippen molar-refractivity contribution >= 4 is 11.6 Å². The molecule has 0 saturated carbocycles. The maximum Gasteiger partial charge on any atom is 0.183 e. The summed E-state index contributed by atoms with van der Waals surface area (Å²) in [5.41, 5.74) is 11.3. The van der Waals surface area contributed by atoms with Crippen molar-refractivity contribution in [2.45, 2.75) is 75.0 Å². The molecule has 0 amide bonds. The Morgan fingerprint density at radius 1 is 0.485 bits per heavy atom. The van der Waals surface area contributed by atoms with Gasteiger partial charge in [0.1, 0.15) is 6.10 Å². The van der Waals surface area contributed by atoms with Crippen LogP contribution in [0.3, 0.4) is 0 Å². The first-order valence-electron chi connectivity index (χ1n) is 23.5. The van der Waals surface area contributed by atoms with Crippen LogP contribution >= 0.6 is 0 Å². The highest BCUT2D eigenvalue weighted by Crippen LogP contribution is 2.53. The van der Waals surface area contributed by atoms with Crippen LogP contribution < -0.4 is 0 Å². The minimum absolute atomic E-state index is 0.132. The third-order valence-corrected chi connectivity index (χ3v) is 14.8. The number of methoxy groups -OCH3 is 1. The van der Waals surface area contributed by atoms with Crippen LogP contribution in [0.25, 0.3) is 11.1 Å². The highest BCUT2D eigenvalue weighted by molar-refractivity contribution is 6.04. The van der Waals surface area contributed by atoms with Gasteiger partial charge in [0, 0.05) is 23.7 Å². The lowest BCUT2D eigenvalue weighted by Crippen LogP contribution is -2.52. The molecule has 0 N–H and O–H groups in total. The van der Waals surface area contributed by atoms with Crippen molar-refractivity contribution in [1.29, 1.82) is 0 Å². The quantitative estimate of drug-likeness (QED) is 0.0758. The molecule has 7 aromatic rings. The third kappa shape index (κ3) is 8.76. The molecule has 5 heteroatoms. The number of Topliss-reactive ketones (excluding diaryl/α,β-unsaturated/α-hetero) is 2. The van der Waals surface area contributed by atoms with E-state index >= 15 is 0 Å². The number of likely N-dealkylation sites (N-methyl/N-ethyl adjacent to an activating group) is 2. The SMILES string of the molecule is CCC(Cc1ccccc1)(C(=O)c1ccc(CC2(Cc3ccc(C(=O)C(CC)(Cc4ccccc4)N(C)C)cc3)c3ccccc3-c3ccc(C(OC)c4ccccc4)cc32)cc1)N(C)C. The average Bonchev–Trinajstić information content (AvgIpc) is 3.61. The Morgan fingerprint density at radius 3 is 1.35 bits per heavy atom. The molecular formula is C61H64N2O3. The molecule has 0 radical (unpaired) electrons. The summed E-state index contributed by atoms with van der Waals surface area (Å²) in [4.78, 5) is 33.6. The lowest BCUT2D eigenvalue weighted by atomic mass is 9.69. The van der Waals surface area contributed by atoms with Crippen LogP contribution in [0.4, 0.5) is 0 Å². The summed E-state index contributed by atoms with van der Waals surface area (Å²) in [6.45, 7) is 4.23. The van der Waals surface area contributed by atoms with Crippen molar-refractivity contribution in [2.24, 2.45) is 0 Å². The second-order valence-corrected chi connectivity index (χ2v) is 18.7. The highest BCUT2D eigenvalue weighted by Gasteiger charge is 2.45. The van der Waals surface area contributed by atoms with Gasteiger partial charge in [0.25, 0.3) is 0 Å². The molecule has 336 valence electrons. The van der Waals surface area contributed by atoms with Crippen LogP contribution in [0.2, 0.25) is 0 Å². The van der Waals surface area contributed by atoms with Gasteiger partial charge in [-0.1, -0.05) is 196 Å². The molecule has 1 aliphatic rings. The van der Waals surface area contributed by atoms with Crippen LogP contribution in [0.1, 0.15) is 98.0 Å². The fraction of sp³-hybridized carbons (Fsp3) is 0.279. The number of rotatable bonds is 19. The van der Waals surface area contributed by atoms with E-state index in [-0.39, 0.29) is 17.7 Å². The van der Waals surface area contributed by atoms with E-state index < -0.39 is 16.5 Å². The smallest absolute Gasteiger partial charge is 0.183 e. The number of benzene rings is 7. The molecule has 0 bridgehead atoms. The predicted molar refractivity (Wildman–Crippen MR) is 271 cm³/mol. The van der Waals surface area contributed by atoms with Crippen LogP contribution in [0.5, 0.6) is 0 Å². The van der Waals surface area contributed by atoms with Gasteiger partial charge in [-0.05, 0) is 122 Å². The minimum Gasteiger partial charge on any atom is -0.372 e. The van der Waals surface area contributed by atoms with Gasteiger partial charge in [-0.25, -0.2) is 0 Å². The van der Waals surface area contributed by atoms with Crippen molar-refractivity contribution in [2.75, 3.05) is 35.3 Å². The van der Waals surface area contributed by atoms with Gasteiger partial charge in [-0.2, -0.15) is 0 Å². The molecular weight excluding hydrogens is 809 g/mol. The van der Waals surface area contributed by atoms with E-state index in [0.717, 1.165) is 33.4 Å². The zero-order chi connectivity index (χ0) is 46.5. The Hall–Kier alpha value is -6.24. The first-order chi connectivity index (χ1) is 32.0. The number of hydrogen-bond donors (Lipinski definition) is 0. The Kier molecular flexibility index (Phi) is 13.8. The van der Waals surface area contributed by atoms with Crippen molar-refractivity contribution in [3.05, 3.63) is 238 Å². The van der Waals surface area contributed by atoms with Crippen LogP contribution in [-0.2, 0) is 35.8 Å². The van der Waals surface area contributed by atoms with Crippen molar-refractivity contribution in [3.63, 3.8) is 0 Å². The van der Waals surface area contributed by atoms with Gasteiger partial charge in [0.15, 0.2) is 11.6 Å². The van der Waals surface area contributed by atoms with Gasteiger partial charge < -0.3 is 4.74 Å². The third-order valence-electron chi connectivity index (χ3n) is 14.8. The molecule has 7 aromatic carbocycles. The van der Waals surface area contributed by atoms with E-state index in [2.05, 4.69) is 139 Å². The molecule has 0 fully saturated rings. The van der Waals surface area contributed by atoms with E-state index in [4.69, 9.17) is 4.74 Å². The summed E-state index contributed by atoms with van der Waals surface area (Å²) in [6, 6.07) is 63.6. The normalized spacial score (nSPS) is 16.6. The molecule has 0 aromatic heterocycles. The van der Waals surface area contributed by atoms with E-state index in [1.54, 1.807) is 7.11 Å². The number of ketones is 2. The maximum absolute atomic E-state index is 14.7. The molecule has 0 spiro atoms. The minimum atomic E-state index is -0.682. The summed E-state index contributed by atoms with van der Waals surface area (Å²) < 4.78 is 6.25. The largest absolute Gasteiger partial charge is 0.372 e. The Labute approximate surface area is 393 Å². The number of carbonyl (C=O) groups is 2. The van der Waals surface area contributed by atoms with Gasteiger partial charge in [0.2, 0.25) is 0 Å². The molecule has 5 nitrogen and oxygen atoms in total. The van der Waals surface area contributed by atoms with Gasteiger partial charge in [0.05, 0.1) is 11.1 Å². The maximum atomic E-state index is 14.7. The molecule has 1 aliphatic carbocycles. The number of nitrogens with zero attached hydrogens (tertiary/aromatic N) is 2. The summed E-state index contributed by atoms with van der Waals surface area (Å²) in [5, 5.41) is 0. The number of carbonyl (C=O) groups excluding carboxylic acids is 2. The zero-order valence-electron chi connectivity index (χ0n) is 39.8. The number of hydrogen-bond acceptors (Lipinski definition) is 5. The van der Waals surface area contributed by atoms with Crippen LogP contribution in [0, 0.1) is 0 Å². The summed E-state index contributed by atoms with van der Waals surface area (Å²) in [6.07, 6.45) is 3.80. The van der Waals surface area contributed by atoms with E-state index in [1.165, 1.54) is 22.3 Å². The summed E-state index contributed by atoms with van der Waals surface area (Å²) in [5.74, 6) is 0.264. The van der Waals surface area contributed by atoms with Crippen LogP contribution in [0.15, 0.2) is 182 Å². The first kappa shape index (κ1) is 46.3. The second kappa shape index (κ2) is 19.7. The molecule has 3 atom stereocenters. The molecule has 0 heterocycles. The van der Waals surface area contributed by atoms with Crippen molar-refractivity contribution in [1.82, 2.24) is 9.80 Å². The monoisotopic (exact) mass is 872 g/mol. The molecule has 0 aliphatic heterocycles. The standard InChI is InChI=1S/C61H64N2O3/c1-8-60(62(3)4,42-44-21-13-10-14-22-44)57(64)49-33-29-46(30-34-49)40-59(41-47-31-35-50(36-32-47)58(65)61(9-2,63(5)6)43-45-23-15-11-16-24-45)54-28-20-19-27-52(54)53-38-37-51(39-55(53)59)56(66-7)48-25-17-12-18-26-48/h10-39,56H,8-9,40-43H2,1-7H3. The molecule has 0 saturated heterocycles. The van der Waals surface area contributed by atoms with Gasteiger partial charge in [-0.3, -0.25) is 19.4 Å². The Balaban J connectivity index is 1.20. The lowest BCUT2D eigenvalue weighted by molar-refractivity contribution is 0.0661. The lowest BCUT2D eigenvalue weighted by Gasteiger charge is -2.38. The Morgan fingerprint density at radius 2 is 0.909 bits per heavy atom. The summed E-state index contributed by atoms with van der Waals surface area (Å²) >= 11 is 0. The van der Waals surface area contributed by atoms with Crippen molar-refractivity contribution < 1.29 is 14.3 Å². The predicted octanol–water partition coefficient (Wildman–Crippen LogP) is 12.4. The van der Waals surface area contributed by atoms with E-state index in [1.807, 2.05) is 94.9 Å². The summed E-state index contributed by atoms with van der Waals surface area (Å²) in [7, 11) is 9.87.